The van der Waals surface area contributed by atoms with Gasteiger partial charge in [0.1, 0.15) is 11.6 Å². The minimum atomic E-state index is -0.469. The SMILES string of the molecule is CNC(=O)CN1CCN(C(=O)CC(=O)Nc2ccc(Cl)nc2Cl)CC1. The van der Waals surface area contributed by atoms with E-state index in [9.17, 15) is 14.4 Å². The van der Waals surface area contributed by atoms with Crippen LogP contribution in [0.5, 0.6) is 0 Å². The minimum Gasteiger partial charge on any atom is -0.358 e. The molecule has 0 saturated carbocycles. The molecule has 0 unspecified atom stereocenters. The smallest absolute Gasteiger partial charge is 0.233 e. The first kappa shape index (κ1) is 19.4. The molecule has 2 N–H and O–H groups in total. The van der Waals surface area contributed by atoms with E-state index in [-0.39, 0.29) is 28.5 Å². The summed E-state index contributed by atoms with van der Waals surface area (Å²) in [7, 11) is 1.59. The highest BCUT2D eigenvalue weighted by molar-refractivity contribution is 6.34. The number of carbonyl (C=O) groups excluding carboxylic acids is 3. The topological polar surface area (TPSA) is 94.6 Å². The molecule has 2 rings (SSSR count). The van der Waals surface area contributed by atoms with E-state index in [2.05, 4.69) is 15.6 Å². The Balaban J connectivity index is 1.80. The summed E-state index contributed by atoms with van der Waals surface area (Å²) < 4.78 is 0. The van der Waals surface area contributed by atoms with Crippen LogP contribution in [0.3, 0.4) is 0 Å². The van der Waals surface area contributed by atoms with Crippen LogP contribution < -0.4 is 10.6 Å². The van der Waals surface area contributed by atoms with Crippen molar-refractivity contribution in [1.29, 1.82) is 0 Å². The highest BCUT2D eigenvalue weighted by atomic mass is 35.5. The van der Waals surface area contributed by atoms with Gasteiger partial charge in [0.2, 0.25) is 17.7 Å². The number of carbonyl (C=O) groups is 3. The van der Waals surface area contributed by atoms with E-state index < -0.39 is 5.91 Å². The van der Waals surface area contributed by atoms with Gasteiger partial charge in [-0.2, -0.15) is 0 Å². The largest absolute Gasteiger partial charge is 0.358 e. The predicted molar refractivity (Wildman–Crippen MR) is 94.6 cm³/mol. The molecule has 0 aromatic carbocycles. The van der Waals surface area contributed by atoms with Gasteiger partial charge in [-0.3, -0.25) is 19.3 Å². The van der Waals surface area contributed by atoms with Crippen LogP contribution in [0.1, 0.15) is 6.42 Å². The molecule has 1 aromatic rings. The van der Waals surface area contributed by atoms with Gasteiger partial charge in [-0.05, 0) is 12.1 Å². The summed E-state index contributed by atoms with van der Waals surface area (Å²) in [4.78, 5) is 43.0. The molecule has 25 heavy (non-hydrogen) atoms. The van der Waals surface area contributed by atoms with E-state index in [0.717, 1.165) is 0 Å². The molecule has 1 aliphatic heterocycles. The second-order valence-corrected chi connectivity index (χ2v) is 6.27. The first-order valence-electron chi connectivity index (χ1n) is 7.71. The number of piperazine rings is 1. The Morgan fingerprint density at radius 3 is 2.40 bits per heavy atom. The van der Waals surface area contributed by atoms with Crippen molar-refractivity contribution in [3.63, 3.8) is 0 Å². The van der Waals surface area contributed by atoms with Crippen molar-refractivity contribution in [2.45, 2.75) is 6.42 Å². The van der Waals surface area contributed by atoms with Gasteiger partial charge in [0.25, 0.3) is 0 Å². The molecule has 136 valence electrons. The number of rotatable bonds is 5. The Morgan fingerprint density at radius 2 is 1.80 bits per heavy atom. The lowest BCUT2D eigenvalue weighted by molar-refractivity contribution is -0.136. The van der Waals surface area contributed by atoms with E-state index in [1.54, 1.807) is 11.9 Å². The quantitative estimate of drug-likeness (QED) is 0.569. The second kappa shape index (κ2) is 8.98. The molecule has 1 saturated heterocycles. The molecule has 8 nitrogen and oxygen atoms in total. The highest BCUT2D eigenvalue weighted by Gasteiger charge is 2.23. The van der Waals surface area contributed by atoms with Crippen LogP contribution in [0.15, 0.2) is 12.1 Å². The Bertz CT molecular complexity index is 663. The van der Waals surface area contributed by atoms with Crippen molar-refractivity contribution in [3.05, 3.63) is 22.4 Å². The van der Waals surface area contributed by atoms with Gasteiger partial charge < -0.3 is 15.5 Å². The van der Waals surface area contributed by atoms with Crippen molar-refractivity contribution >= 4 is 46.6 Å². The average molecular weight is 388 g/mol. The molecule has 0 bridgehead atoms. The van der Waals surface area contributed by atoms with Crippen molar-refractivity contribution in [3.8, 4) is 0 Å². The average Bonchev–Trinajstić information content (AvgIpc) is 2.57. The molecule has 1 fully saturated rings. The van der Waals surface area contributed by atoms with Crippen LogP contribution in [-0.4, -0.2) is 72.3 Å². The van der Waals surface area contributed by atoms with Gasteiger partial charge in [-0.1, -0.05) is 23.2 Å². The zero-order valence-electron chi connectivity index (χ0n) is 13.7. The number of amides is 3. The van der Waals surface area contributed by atoms with E-state index in [1.165, 1.54) is 12.1 Å². The summed E-state index contributed by atoms with van der Waals surface area (Å²) in [5.41, 5.74) is 0.305. The molecule has 1 aromatic heterocycles. The van der Waals surface area contributed by atoms with Crippen LogP contribution in [0.2, 0.25) is 10.3 Å². The monoisotopic (exact) mass is 387 g/mol. The van der Waals surface area contributed by atoms with Crippen LogP contribution in [0.25, 0.3) is 0 Å². The normalized spacial score (nSPS) is 14.9. The number of hydrogen-bond donors (Lipinski definition) is 2. The summed E-state index contributed by atoms with van der Waals surface area (Å²) >= 11 is 11.6. The summed E-state index contributed by atoms with van der Waals surface area (Å²) in [6.07, 6.45) is -0.283. The lowest BCUT2D eigenvalue weighted by Gasteiger charge is -2.34. The third-order valence-electron chi connectivity index (χ3n) is 3.77. The van der Waals surface area contributed by atoms with Gasteiger partial charge in [0.05, 0.1) is 12.2 Å². The van der Waals surface area contributed by atoms with E-state index in [0.29, 0.717) is 38.4 Å². The van der Waals surface area contributed by atoms with Crippen molar-refractivity contribution in [2.24, 2.45) is 0 Å². The van der Waals surface area contributed by atoms with Crippen LogP contribution >= 0.6 is 23.2 Å². The fraction of sp³-hybridized carbons (Fsp3) is 0.467. The Hall–Kier alpha value is -1.90. The van der Waals surface area contributed by atoms with Crippen LogP contribution in [-0.2, 0) is 14.4 Å². The molecule has 1 aliphatic rings. The lowest BCUT2D eigenvalue weighted by Crippen LogP contribution is -2.51. The van der Waals surface area contributed by atoms with Crippen molar-refractivity contribution in [1.82, 2.24) is 20.1 Å². The maximum Gasteiger partial charge on any atom is 0.233 e. The van der Waals surface area contributed by atoms with Gasteiger partial charge >= 0.3 is 0 Å². The number of likely N-dealkylation sites (N-methyl/N-ethyl adjacent to an activating group) is 1. The number of hydrogen-bond acceptors (Lipinski definition) is 5. The Kier molecular flexibility index (Phi) is 6.98. The van der Waals surface area contributed by atoms with Crippen molar-refractivity contribution in [2.75, 3.05) is 45.1 Å². The molecular weight excluding hydrogens is 369 g/mol. The van der Waals surface area contributed by atoms with Gasteiger partial charge in [0, 0.05) is 33.2 Å². The first-order valence-corrected chi connectivity index (χ1v) is 8.47. The van der Waals surface area contributed by atoms with Crippen molar-refractivity contribution < 1.29 is 14.4 Å². The summed E-state index contributed by atoms with van der Waals surface area (Å²) in [5.74, 6) is -0.799. The third-order valence-corrected chi connectivity index (χ3v) is 4.27. The Labute approximate surface area is 155 Å². The maximum atomic E-state index is 12.2. The lowest BCUT2D eigenvalue weighted by atomic mass is 10.2. The van der Waals surface area contributed by atoms with Gasteiger partial charge in [0.15, 0.2) is 5.15 Å². The molecule has 0 aliphatic carbocycles. The third kappa shape index (κ3) is 5.84. The fourth-order valence-corrected chi connectivity index (χ4v) is 2.78. The fourth-order valence-electron chi connectivity index (χ4n) is 2.39. The van der Waals surface area contributed by atoms with Crippen LogP contribution in [0, 0.1) is 0 Å². The summed E-state index contributed by atoms with van der Waals surface area (Å²) in [5, 5.41) is 5.39. The number of aromatic nitrogens is 1. The van der Waals surface area contributed by atoms with E-state index in [1.807, 2.05) is 4.90 Å². The number of nitrogens with one attached hydrogen (secondary N) is 2. The predicted octanol–water partition coefficient (Wildman–Crippen LogP) is 0.607. The number of pyridine rings is 1. The maximum absolute atomic E-state index is 12.2. The summed E-state index contributed by atoms with van der Waals surface area (Å²) in [6.45, 7) is 2.45. The summed E-state index contributed by atoms with van der Waals surface area (Å²) in [6, 6.07) is 3.02. The zero-order chi connectivity index (χ0) is 18.4. The number of halogens is 2. The number of nitrogens with zero attached hydrogens (tertiary/aromatic N) is 3. The van der Waals surface area contributed by atoms with E-state index >= 15 is 0 Å². The molecule has 0 atom stereocenters. The van der Waals surface area contributed by atoms with Gasteiger partial charge in [-0.15, -0.1) is 0 Å². The molecule has 3 amide bonds. The molecule has 0 spiro atoms. The zero-order valence-corrected chi connectivity index (χ0v) is 15.2. The van der Waals surface area contributed by atoms with Gasteiger partial charge in [-0.25, -0.2) is 4.98 Å². The molecular formula is C15H19Cl2N5O3. The first-order chi connectivity index (χ1) is 11.9. The van der Waals surface area contributed by atoms with E-state index in [4.69, 9.17) is 23.2 Å². The molecule has 10 heteroatoms. The Morgan fingerprint density at radius 1 is 1.12 bits per heavy atom. The minimum absolute atomic E-state index is 0.0624. The molecule has 2 heterocycles. The standard InChI is InChI=1S/C15H19Cl2N5O3/c1-18-13(24)9-21-4-6-22(7-5-21)14(25)8-12(23)19-10-2-3-11(16)20-15(10)17/h2-3H,4-9H2,1H3,(H,18,24)(H,19,23). The highest BCUT2D eigenvalue weighted by Crippen LogP contribution is 2.21. The van der Waals surface area contributed by atoms with Crippen LogP contribution in [0.4, 0.5) is 5.69 Å². The number of anilines is 1. The molecule has 0 radical (unpaired) electrons. The second-order valence-electron chi connectivity index (χ2n) is 5.53.